The largest absolute Gasteiger partial charge is 0.497 e. The molecule has 0 spiro atoms. The lowest BCUT2D eigenvalue weighted by Crippen LogP contribution is -2.22. The van der Waals surface area contributed by atoms with Gasteiger partial charge >= 0.3 is 0 Å². The van der Waals surface area contributed by atoms with Crippen LogP contribution in [0.4, 0.5) is 0 Å². The van der Waals surface area contributed by atoms with E-state index in [9.17, 15) is 9.00 Å². The molecular formula is C16H15BrO3S. The molecule has 0 bridgehead atoms. The fraction of sp³-hybridized carbons (Fsp3) is 0.188. The Labute approximate surface area is 134 Å². The SMILES string of the molecule is COc1ccc(S(=O)C(C)C(=O)c2ccc(Br)cc2)cc1. The first-order valence-corrected chi connectivity index (χ1v) is 8.38. The minimum absolute atomic E-state index is 0.128. The van der Waals surface area contributed by atoms with Gasteiger partial charge in [-0.05, 0) is 43.3 Å². The number of methoxy groups -OCH3 is 1. The summed E-state index contributed by atoms with van der Waals surface area (Å²) < 4.78 is 18.4. The van der Waals surface area contributed by atoms with Crippen LogP contribution in [0.5, 0.6) is 5.75 Å². The molecule has 0 fully saturated rings. The van der Waals surface area contributed by atoms with Crippen LogP contribution in [-0.4, -0.2) is 22.4 Å². The van der Waals surface area contributed by atoms with E-state index in [0.717, 1.165) is 4.47 Å². The number of Topliss-reactive ketones (excluding diaryl/α,β-unsaturated/α-hetero) is 1. The van der Waals surface area contributed by atoms with Gasteiger partial charge in [0.1, 0.15) is 5.75 Å². The first kappa shape index (κ1) is 15.9. The predicted octanol–water partition coefficient (Wildman–Crippen LogP) is 3.84. The highest BCUT2D eigenvalue weighted by molar-refractivity contribution is 9.10. The molecule has 3 nitrogen and oxygen atoms in total. The molecule has 0 saturated heterocycles. The topological polar surface area (TPSA) is 43.4 Å². The van der Waals surface area contributed by atoms with Crippen LogP contribution in [0, 0.1) is 0 Å². The molecule has 0 aromatic heterocycles. The Morgan fingerprint density at radius 3 is 2.19 bits per heavy atom. The van der Waals surface area contributed by atoms with Crippen LogP contribution in [0.25, 0.3) is 0 Å². The second-order valence-corrected chi connectivity index (χ2v) is 7.18. The molecule has 2 rings (SSSR count). The van der Waals surface area contributed by atoms with Gasteiger partial charge in [0.25, 0.3) is 0 Å². The molecule has 2 aromatic rings. The van der Waals surface area contributed by atoms with Crippen LogP contribution in [0.3, 0.4) is 0 Å². The summed E-state index contributed by atoms with van der Waals surface area (Å²) in [5, 5.41) is -0.598. The molecule has 2 aromatic carbocycles. The normalized spacial score (nSPS) is 13.5. The third-order valence-corrected chi connectivity index (χ3v) is 5.23. The van der Waals surface area contributed by atoms with E-state index in [1.54, 1.807) is 62.6 Å². The Bertz CT molecular complexity index is 650. The van der Waals surface area contributed by atoms with Crippen LogP contribution in [0.15, 0.2) is 57.9 Å². The Morgan fingerprint density at radius 2 is 1.67 bits per heavy atom. The number of rotatable bonds is 5. The molecule has 0 aliphatic carbocycles. The maximum atomic E-state index is 12.5. The fourth-order valence-electron chi connectivity index (χ4n) is 1.86. The van der Waals surface area contributed by atoms with E-state index in [-0.39, 0.29) is 5.78 Å². The van der Waals surface area contributed by atoms with Crippen molar-refractivity contribution in [2.45, 2.75) is 17.1 Å². The van der Waals surface area contributed by atoms with Crippen molar-refractivity contribution in [1.29, 1.82) is 0 Å². The van der Waals surface area contributed by atoms with Crippen molar-refractivity contribution in [3.05, 3.63) is 58.6 Å². The van der Waals surface area contributed by atoms with Gasteiger partial charge in [0, 0.05) is 14.9 Å². The number of carbonyl (C=O) groups is 1. The third-order valence-electron chi connectivity index (χ3n) is 3.11. The average Bonchev–Trinajstić information content (AvgIpc) is 2.53. The van der Waals surface area contributed by atoms with Gasteiger partial charge in [-0.15, -0.1) is 0 Å². The van der Waals surface area contributed by atoms with Crippen molar-refractivity contribution in [2.75, 3.05) is 7.11 Å². The summed E-state index contributed by atoms with van der Waals surface area (Å²) in [5.74, 6) is 0.569. The molecule has 0 N–H and O–H groups in total. The van der Waals surface area contributed by atoms with E-state index in [4.69, 9.17) is 4.74 Å². The number of ether oxygens (including phenoxy) is 1. The molecule has 0 saturated carbocycles. The standard InChI is InChI=1S/C16H15BrO3S/c1-11(16(18)12-3-5-13(17)6-4-12)21(19)15-9-7-14(20-2)8-10-15/h3-11H,1-2H3. The molecule has 0 amide bonds. The second-order valence-electron chi connectivity index (χ2n) is 4.49. The summed E-state index contributed by atoms with van der Waals surface area (Å²) in [4.78, 5) is 13.0. The summed E-state index contributed by atoms with van der Waals surface area (Å²) in [5.41, 5.74) is 0.563. The molecule has 21 heavy (non-hydrogen) atoms. The van der Waals surface area contributed by atoms with E-state index < -0.39 is 16.0 Å². The van der Waals surface area contributed by atoms with Crippen molar-refractivity contribution in [2.24, 2.45) is 0 Å². The summed E-state index contributed by atoms with van der Waals surface area (Å²) >= 11 is 3.33. The number of halogens is 1. The lowest BCUT2D eigenvalue weighted by molar-refractivity contribution is 0.0992. The first-order chi connectivity index (χ1) is 10.0. The highest BCUT2D eigenvalue weighted by atomic mass is 79.9. The zero-order valence-electron chi connectivity index (χ0n) is 11.7. The molecular weight excluding hydrogens is 352 g/mol. The van der Waals surface area contributed by atoms with Gasteiger partial charge in [-0.3, -0.25) is 9.00 Å². The third kappa shape index (κ3) is 3.80. The van der Waals surface area contributed by atoms with Crippen molar-refractivity contribution in [3.8, 4) is 5.75 Å². The molecule has 0 radical (unpaired) electrons. The number of carbonyl (C=O) groups excluding carboxylic acids is 1. The summed E-state index contributed by atoms with van der Waals surface area (Å²) in [7, 11) is 0.184. The van der Waals surface area contributed by atoms with Crippen LogP contribution < -0.4 is 4.74 Å². The number of benzene rings is 2. The highest BCUT2D eigenvalue weighted by Gasteiger charge is 2.22. The van der Waals surface area contributed by atoms with Crippen molar-refractivity contribution in [1.82, 2.24) is 0 Å². The molecule has 0 aliphatic heterocycles. The first-order valence-electron chi connectivity index (χ1n) is 6.37. The van der Waals surface area contributed by atoms with Crippen LogP contribution in [-0.2, 0) is 10.8 Å². The maximum Gasteiger partial charge on any atom is 0.178 e. The van der Waals surface area contributed by atoms with Gasteiger partial charge in [-0.1, -0.05) is 28.1 Å². The Hall–Kier alpha value is -1.46. The van der Waals surface area contributed by atoms with Gasteiger partial charge in [0.2, 0.25) is 0 Å². The smallest absolute Gasteiger partial charge is 0.178 e. The van der Waals surface area contributed by atoms with Crippen LogP contribution >= 0.6 is 15.9 Å². The van der Waals surface area contributed by atoms with Crippen LogP contribution in [0.2, 0.25) is 0 Å². The fourth-order valence-corrected chi connectivity index (χ4v) is 3.27. The Balaban J connectivity index is 2.17. The van der Waals surface area contributed by atoms with Gasteiger partial charge in [0.15, 0.2) is 5.78 Å². The zero-order valence-corrected chi connectivity index (χ0v) is 14.1. The zero-order chi connectivity index (χ0) is 15.4. The summed E-state index contributed by atoms with van der Waals surface area (Å²) in [6.07, 6.45) is 0. The van der Waals surface area contributed by atoms with Gasteiger partial charge in [-0.2, -0.15) is 0 Å². The molecule has 5 heteroatoms. The average molecular weight is 367 g/mol. The summed E-state index contributed by atoms with van der Waals surface area (Å²) in [6, 6.07) is 14.0. The molecule has 0 aliphatic rings. The number of ketones is 1. The Kier molecular flexibility index (Phi) is 5.31. The predicted molar refractivity (Wildman–Crippen MR) is 87.3 cm³/mol. The van der Waals surface area contributed by atoms with Crippen molar-refractivity contribution >= 4 is 32.5 Å². The maximum absolute atomic E-state index is 12.5. The molecule has 0 heterocycles. The molecule has 110 valence electrons. The van der Waals surface area contributed by atoms with Crippen molar-refractivity contribution < 1.29 is 13.7 Å². The minimum Gasteiger partial charge on any atom is -0.497 e. The van der Waals surface area contributed by atoms with E-state index in [1.165, 1.54) is 0 Å². The number of hydrogen-bond donors (Lipinski definition) is 0. The quantitative estimate of drug-likeness (QED) is 0.755. The van der Waals surface area contributed by atoms with Crippen LogP contribution in [0.1, 0.15) is 17.3 Å². The minimum atomic E-state index is -1.39. The molecule has 2 unspecified atom stereocenters. The summed E-state index contributed by atoms with van der Waals surface area (Å²) in [6.45, 7) is 1.69. The van der Waals surface area contributed by atoms with Gasteiger partial charge in [-0.25, -0.2) is 0 Å². The van der Waals surface area contributed by atoms with Crippen molar-refractivity contribution in [3.63, 3.8) is 0 Å². The van der Waals surface area contributed by atoms with E-state index in [2.05, 4.69) is 15.9 Å². The highest BCUT2D eigenvalue weighted by Crippen LogP contribution is 2.19. The van der Waals surface area contributed by atoms with E-state index in [1.807, 2.05) is 0 Å². The lowest BCUT2D eigenvalue weighted by Gasteiger charge is -2.11. The van der Waals surface area contributed by atoms with Gasteiger partial charge in [0.05, 0.1) is 23.2 Å². The second kappa shape index (κ2) is 7.00. The lowest BCUT2D eigenvalue weighted by atomic mass is 10.1. The number of hydrogen-bond acceptors (Lipinski definition) is 3. The monoisotopic (exact) mass is 366 g/mol. The van der Waals surface area contributed by atoms with E-state index >= 15 is 0 Å². The Morgan fingerprint density at radius 1 is 1.10 bits per heavy atom. The van der Waals surface area contributed by atoms with Gasteiger partial charge < -0.3 is 4.74 Å². The van der Waals surface area contributed by atoms with E-state index in [0.29, 0.717) is 16.2 Å². The molecule has 2 atom stereocenters.